The molecule has 37 heavy (non-hydrogen) atoms. The van der Waals surface area contributed by atoms with Crippen molar-refractivity contribution in [3.63, 3.8) is 0 Å². The summed E-state index contributed by atoms with van der Waals surface area (Å²) in [5.74, 6) is 0. The number of fused-ring (bicyclic) bond motifs is 4. The highest BCUT2D eigenvalue weighted by Gasteiger charge is 2.17. The first-order chi connectivity index (χ1) is 18.2. The average Bonchev–Trinajstić information content (AvgIpc) is 3.31. The summed E-state index contributed by atoms with van der Waals surface area (Å²) < 4.78 is 2.38. The van der Waals surface area contributed by atoms with Crippen LogP contribution < -0.4 is 4.90 Å². The number of benzene rings is 6. The number of hydrogen-bond acceptors (Lipinski definition) is 2. The third-order valence-electron chi connectivity index (χ3n) is 6.88. The molecule has 7 aromatic rings. The molecule has 0 amide bonds. The fourth-order valence-electron chi connectivity index (χ4n) is 5.09. The van der Waals surface area contributed by atoms with Crippen LogP contribution >= 0.6 is 22.9 Å². The fourth-order valence-corrected chi connectivity index (χ4v) is 6.54. The molecule has 0 saturated heterocycles. The van der Waals surface area contributed by atoms with Gasteiger partial charge >= 0.3 is 0 Å². The Balaban J connectivity index is 1.42. The lowest BCUT2D eigenvalue weighted by Crippen LogP contribution is -2.09. The molecule has 0 spiro atoms. The van der Waals surface area contributed by atoms with Crippen molar-refractivity contribution < 1.29 is 0 Å². The number of hydrogen-bond donors (Lipinski definition) is 0. The Bertz CT molecular complexity index is 1870. The zero-order valence-electron chi connectivity index (χ0n) is 19.9. The molecule has 0 aliphatic carbocycles. The summed E-state index contributed by atoms with van der Waals surface area (Å²) in [5.41, 5.74) is 5.63. The predicted octanol–water partition coefficient (Wildman–Crippen LogP) is 11.0. The molecule has 0 radical (unpaired) electrons. The highest BCUT2D eigenvalue weighted by atomic mass is 35.5. The van der Waals surface area contributed by atoms with Gasteiger partial charge in [0.05, 0.1) is 9.72 Å². The quantitative estimate of drug-likeness (QED) is 0.227. The van der Waals surface area contributed by atoms with Crippen LogP contribution in [0.15, 0.2) is 133 Å². The van der Waals surface area contributed by atoms with Gasteiger partial charge in [-0.1, -0.05) is 96.5 Å². The molecule has 0 saturated carbocycles. The Morgan fingerprint density at radius 1 is 0.486 bits per heavy atom. The summed E-state index contributed by atoms with van der Waals surface area (Å²) in [7, 11) is 0. The maximum Gasteiger partial charge on any atom is 0.0605 e. The highest BCUT2D eigenvalue weighted by molar-refractivity contribution is 7.26. The van der Waals surface area contributed by atoms with Gasteiger partial charge < -0.3 is 4.90 Å². The minimum Gasteiger partial charge on any atom is -0.310 e. The lowest BCUT2D eigenvalue weighted by atomic mass is 10.0. The maximum absolute atomic E-state index is 6.97. The predicted molar refractivity (Wildman–Crippen MR) is 162 cm³/mol. The molecule has 1 nitrogen and oxygen atoms in total. The first-order valence-electron chi connectivity index (χ1n) is 12.3. The van der Waals surface area contributed by atoms with Gasteiger partial charge in [0, 0.05) is 32.5 Å². The molecule has 0 aliphatic rings. The zero-order chi connectivity index (χ0) is 24.8. The third kappa shape index (κ3) is 3.95. The second-order valence-corrected chi connectivity index (χ2v) is 10.6. The second kappa shape index (κ2) is 9.08. The Morgan fingerprint density at radius 2 is 1.08 bits per heavy atom. The molecule has 0 atom stereocenters. The number of para-hydroxylation sites is 1. The number of anilines is 3. The fraction of sp³-hybridized carbons (Fsp3) is 0. The summed E-state index contributed by atoms with van der Waals surface area (Å²) in [5, 5.41) is 5.71. The summed E-state index contributed by atoms with van der Waals surface area (Å²) >= 11 is 8.74. The van der Waals surface area contributed by atoms with Crippen LogP contribution in [0.4, 0.5) is 17.1 Å². The largest absolute Gasteiger partial charge is 0.310 e. The molecule has 1 heterocycles. The lowest BCUT2D eigenvalue weighted by Gasteiger charge is -2.26. The SMILES string of the molecule is Clc1cc(N(c2ccccc2)c2ccc(-c3ccccc3)cc2)cc2c1sc1cc3ccccc3cc12. The molecule has 0 bridgehead atoms. The Hall–Kier alpha value is -4.11. The van der Waals surface area contributed by atoms with Gasteiger partial charge in [0.15, 0.2) is 0 Å². The van der Waals surface area contributed by atoms with Crippen LogP contribution in [0.1, 0.15) is 0 Å². The van der Waals surface area contributed by atoms with Crippen molar-refractivity contribution in [2.24, 2.45) is 0 Å². The molecule has 7 rings (SSSR count). The highest BCUT2D eigenvalue weighted by Crippen LogP contribution is 2.45. The van der Waals surface area contributed by atoms with Crippen molar-refractivity contribution in [2.75, 3.05) is 4.90 Å². The van der Waals surface area contributed by atoms with E-state index in [2.05, 4.69) is 126 Å². The minimum absolute atomic E-state index is 0.777. The Kier molecular flexibility index (Phi) is 5.43. The summed E-state index contributed by atoms with van der Waals surface area (Å²) in [4.78, 5) is 2.28. The van der Waals surface area contributed by atoms with E-state index < -0.39 is 0 Å². The van der Waals surface area contributed by atoms with Gasteiger partial charge in [-0.2, -0.15) is 0 Å². The smallest absolute Gasteiger partial charge is 0.0605 e. The molecular weight excluding hydrogens is 490 g/mol. The van der Waals surface area contributed by atoms with Crippen molar-refractivity contribution in [3.05, 3.63) is 138 Å². The van der Waals surface area contributed by atoms with Crippen LogP contribution in [0.3, 0.4) is 0 Å². The normalized spacial score (nSPS) is 11.4. The van der Waals surface area contributed by atoms with Gasteiger partial charge in [0.2, 0.25) is 0 Å². The van der Waals surface area contributed by atoms with E-state index in [1.165, 1.54) is 37.4 Å². The third-order valence-corrected chi connectivity index (χ3v) is 8.50. The van der Waals surface area contributed by atoms with Crippen molar-refractivity contribution in [3.8, 4) is 11.1 Å². The van der Waals surface area contributed by atoms with E-state index in [0.29, 0.717) is 0 Å². The molecule has 1 aromatic heterocycles. The molecule has 6 aromatic carbocycles. The standard InChI is InChI=1S/C34H22ClNS/c35-32-22-29(21-31-30-19-25-11-7-8-12-26(25)20-33(30)37-34(31)32)36(27-13-5-2-6-14-27)28-17-15-24(16-18-28)23-9-3-1-4-10-23/h1-22H. The Labute approximate surface area is 224 Å². The van der Waals surface area contributed by atoms with E-state index in [1.807, 2.05) is 12.1 Å². The van der Waals surface area contributed by atoms with Crippen LogP contribution in [0.25, 0.3) is 42.1 Å². The first kappa shape index (κ1) is 22.1. The van der Waals surface area contributed by atoms with Gasteiger partial charge in [-0.25, -0.2) is 0 Å². The van der Waals surface area contributed by atoms with Gasteiger partial charge in [-0.05, 0) is 70.4 Å². The minimum atomic E-state index is 0.777. The molecular formula is C34H22ClNS. The molecule has 3 heteroatoms. The molecule has 0 N–H and O–H groups in total. The number of rotatable bonds is 4. The van der Waals surface area contributed by atoms with E-state index in [9.17, 15) is 0 Å². The number of nitrogens with zero attached hydrogens (tertiary/aromatic N) is 1. The molecule has 0 unspecified atom stereocenters. The van der Waals surface area contributed by atoms with E-state index in [4.69, 9.17) is 11.6 Å². The van der Waals surface area contributed by atoms with Crippen LogP contribution in [-0.2, 0) is 0 Å². The van der Waals surface area contributed by atoms with E-state index in [-0.39, 0.29) is 0 Å². The van der Waals surface area contributed by atoms with Gasteiger partial charge in [0.25, 0.3) is 0 Å². The average molecular weight is 512 g/mol. The van der Waals surface area contributed by atoms with Crippen molar-refractivity contribution in [1.82, 2.24) is 0 Å². The summed E-state index contributed by atoms with van der Waals surface area (Å²) in [6.45, 7) is 0. The number of thiophene rings is 1. The van der Waals surface area contributed by atoms with Crippen LogP contribution in [0.5, 0.6) is 0 Å². The van der Waals surface area contributed by atoms with Crippen molar-refractivity contribution >= 4 is 70.9 Å². The molecule has 0 fully saturated rings. The second-order valence-electron chi connectivity index (χ2n) is 9.19. The summed E-state index contributed by atoms with van der Waals surface area (Å²) in [6.07, 6.45) is 0. The Morgan fingerprint density at radius 3 is 1.81 bits per heavy atom. The monoisotopic (exact) mass is 511 g/mol. The van der Waals surface area contributed by atoms with Gasteiger partial charge in [-0.3, -0.25) is 0 Å². The zero-order valence-corrected chi connectivity index (χ0v) is 21.5. The topological polar surface area (TPSA) is 3.24 Å². The summed E-state index contributed by atoms with van der Waals surface area (Å²) in [6, 6.07) is 47.2. The van der Waals surface area contributed by atoms with Gasteiger partial charge in [0.1, 0.15) is 0 Å². The van der Waals surface area contributed by atoms with E-state index in [0.717, 1.165) is 26.8 Å². The first-order valence-corrected chi connectivity index (χ1v) is 13.5. The lowest BCUT2D eigenvalue weighted by molar-refractivity contribution is 1.29. The molecule has 176 valence electrons. The molecule has 0 aliphatic heterocycles. The van der Waals surface area contributed by atoms with Crippen molar-refractivity contribution in [1.29, 1.82) is 0 Å². The van der Waals surface area contributed by atoms with Crippen molar-refractivity contribution in [2.45, 2.75) is 0 Å². The maximum atomic E-state index is 6.97. The number of halogens is 1. The van der Waals surface area contributed by atoms with Gasteiger partial charge in [-0.15, -0.1) is 11.3 Å². The van der Waals surface area contributed by atoms with E-state index >= 15 is 0 Å². The van der Waals surface area contributed by atoms with Crippen LogP contribution in [-0.4, -0.2) is 0 Å². The van der Waals surface area contributed by atoms with Crippen LogP contribution in [0, 0.1) is 0 Å². The van der Waals surface area contributed by atoms with Crippen LogP contribution in [0.2, 0.25) is 5.02 Å². The van der Waals surface area contributed by atoms with E-state index in [1.54, 1.807) is 11.3 Å².